The molecule has 0 unspecified atom stereocenters. The third-order valence-corrected chi connectivity index (χ3v) is 3.65. The normalized spacial score (nSPS) is 13.3. The molecule has 0 aliphatic heterocycles. The molecule has 0 saturated heterocycles. The van der Waals surface area contributed by atoms with E-state index in [0.29, 0.717) is 4.31 Å². The molecule has 0 aromatic carbocycles. The van der Waals surface area contributed by atoms with Crippen LogP contribution in [0.3, 0.4) is 0 Å². The maximum Gasteiger partial charge on any atom is 0.402 e. The Labute approximate surface area is 90.3 Å². The van der Waals surface area contributed by atoms with Crippen LogP contribution in [0, 0.1) is 0 Å². The monoisotopic (exact) mass is 257 g/mol. The van der Waals surface area contributed by atoms with Crippen LogP contribution >= 0.6 is 0 Å². The van der Waals surface area contributed by atoms with Crippen molar-refractivity contribution in [3.63, 3.8) is 0 Å². The van der Waals surface area contributed by atoms with E-state index in [1.54, 1.807) is 0 Å². The van der Waals surface area contributed by atoms with Gasteiger partial charge in [-0.3, -0.25) is 0 Å². The Morgan fingerprint density at radius 2 is 2.12 bits per heavy atom. The quantitative estimate of drug-likeness (QED) is 0.874. The number of H-pyrrole nitrogens is 1. The average molecular weight is 257 g/mol. The number of aromatic amines is 1. The summed E-state index contributed by atoms with van der Waals surface area (Å²) in [7, 11) is -4.15. The maximum absolute atomic E-state index is 12.1. The molecule has 0 aliphatic carbocycles. The van der Waals surface area contributed by atoms with Crippen molar-refractivity contribution in [3.05, 3.63) is 12.5 Å². The minimum absolute atomic E-state index is 0.263. The molecule has 0 saturated carbocycles. The highest BCUT2D eigenvalue weighted by atomic mass is 32.2. The second kappa shape index (κ2) is 4.42. The first-order chi connectivity index (χ1) is 7.27. The van der Waals surface area contributed by atoms with Crippen molar-refractivity contribution in [1.29, 1.82) is 0 Å². The van der Waals surface area contributed by atoms with E-state index in [1.807, 2.05) is 0 Å². The Kier molecular flexibility index (Phi) is 3.58. The molecule has 16 heavy (non-hydrogen) atoms. The third-order valence-electron chi connectivity index (χ3n) is 1.80. The SMILES string of the molecule is CCN(CC(F)(F)F)S(=O)(=O)c1cnc[nH]1. The van der Waals surface area contributed by atoms with Crippen molar-refractivity contribution in [2.75, 3.05) is 13.1 Å². The van der Waals surface area contributed by atoms with Crippen LogP contribution in [0.15, 0.2) is 17.6 Å². The van der Waals surface area contributed by atoms with Crippen molar-refractivity contribution in [3.8, 4) is 0 Å². The van der Waals surface area contributed by atoms with Gasteiger partial charge in [0.05, 0.1) is 12.5 Å². The lowest BCUT2D eigenvalue weighted by atomic mass is 10.6. The van der Waals surface area contributed by atoms with Gasteiger partial charge >= 0.3 is 6.18 Å². The lowest BCUT2D eigenvalue weighted by Gasteiger charge is -2.20. The van der Waals surface area contributed by atoms with Gasteiger partial charge in [-0.25, -0.2) is 13.4 Å². The maximum atomic E-state index is 12.1. The van der Waals surface area contributed by atoms with E-state index in [9.17, 15) is 21.6 Å². The molecular formula is C7H10F3N3O2S. The number of halogens is 3. The number of nitrogens with zero attached hydrogens (tertiary/aromatic N) is 2. The van der Waals surface area contributed by atoms with E-state index in [2.05, 4.69) is 9.97 Å². The molecule has 0 bridgehead atoms. The van der Waals surface area contributed by atoms with Gasteiger partial charge in [0.15, 0.2) is 5.03 Å². The van der Waals surface area contributed by atoms with Gasteiger partial charge in [0, 0.05) is 6.54 Å². The van der Waals surface area contributed by atoms with E-state index < -0.39 is 22.7 Å². The number of hydrogen-bond donors (Lipinski definition) is 1. The number of rotatable bonds is 4. The van der Waals surface area contributed by atoms with E-state index in [-0.39, 0.29) is 11.6 Å². The summed E-state index contributed by atoms with van der Waals surface area (Å²) in [4.78, 5) is 5.73. The fourth-order valence-electron chi connectivity index (χ4n) is 1.09. The van der Waals surface area contributed by atoms with Crippen LogP contribution in [0.4, 0.5) is 13.2 Å². The van der Waals surface area contributed by atoms with Gasteiger partial charge in [-0.2, -0.15) is 17.5 Å². The Balaban J connectivity index is 2.97. The third kappa shape index (κ3) is 2.95. The molecule has 0 aliphatic rings. The molecule has 1 heterocycles. The van der Waals surface area contributed by atoms with E-state index in [0.717, 1.165) is 12.5 Å². The Morgan fingerprint density at radius 1 is 1.50 bits per heavy atom. The molecule has 0 spiro atoms. The molecule has 1 N–H and O–H groups in total. The van der Waals surface area contributed by atoms with Crippen LogP contribution in [-0.2, 0) is 10.0 Å². The predicted octanol–water partition coefficient (Wildman–Crippen LogP) is 0.983. The van der Waals surface area contributed by atoms with Gasteiger partial charge in [-0.1, -0.05) is 6.92 Å². The van der Waals surface area contributed by atoms with Crippen molar-refractivity contribution in [2.24, 2.45) is 0 Å². The smallest absolute Gasteiger partial charge is 0.335 e. The molecule has 1 aromatic rings. The van der Waals surface area contributed by atoms with E-state index in [4.69, 9.17) is 0 Å². The van der Waals surface area contributed by atoms with Crippen molar-refractivity contribution in [1.82, 2.24) is 14.3 Å². The second-order valence-electron chi connectivity index (χ2n) is 2.96. The summed E-state index contributed by atoms with van der Waals surface area (Å²) in [5, 5.41) is -0.349. The molecule has 0 atom stereocenters. The highest BCUT2D eigenvalue weighted by Gasteiger charge is 2.36. The van der Waals surface area contributed by atoms with Crippen molar-refractivity contribution in [2.45, 2.75) is 18.1 Å². The number of hydrogen-bond acceptors (Lipinski definition) is 3. The number of aromatic nitrogens is 2. The Morgan fingerprint density at radius 3 is 2.50 bits per heavy atom. The highest BCUT2D eigenvalue weighted by molar-refractivity contribution is 7.89. The van der Waals surface area contributed by atoms with Crippen LogP contribution < -0.4 is 0 Å². The number of imidazole rings is 1. The van der Waals surface area contributed by atoms with Crippen molar-refractivity contribution < 1.29 is 21.6 Å². The van der Waals surface area contributed by atoms with Crippen LogP contribution in [0.25, 0.3) is 0 Å². The fraction of sp³-hybridized carbons (Fsp3) is 0.571. The molecule has 0 amide bonds. The number of alkyl halides is 3. The standard InChI is InChI=1S/C7H10F3N3O2S/c1-2-13(4-7(8,9)10)16(14,15)6-3-11-5-12-6/h3,5H,2,4H2,1H3,(H,11,12). The molecule has 9 heteroatoms. The van der Waals surface area contributed by atoms with Crippen LogP contribution in [0.1, 0.15) is 6.92 Å². The van der Waals surface area contributed by atoms with Gasteiger partial charge in [0.25, 0.3) is 10.0 Å². The summed E-state index contributed by atoms with van der Waals surface area (Å²) in [6.45, 7) is -0.439. The minimum Gasteiger partial charge on any atom is -0.335 e. The summed E-state index contributed by atoms with van der Waals surface area (Å²) in [5.74, 6) is 0. The topological polar surface area (TPSA) is 66.1 Å². The molecule has 0 fully saturated rings. The minimum atomic E-state index is -4.57. The predicted molar refractivity (Wildman–Crippen MR) is 49.1 cm³/mol. The summed E-state index contributed by atoms with van der Waals surface area (Å²) in [5.41, 5.74) is 0. The molecule has 92 valence electrons. The van der Waals surface area contributed by atoms with Gasteiger partial charge in [-0.15, -0.1) is 0 Å². The zero-order valence-electron chi connectivity index (χ0n) is 8.32. The van der Waals surface area contributed by atoms with Crippen LogP contribution in [0.2, 0.25) is 0 Å². The molecule has 1 aromatic heterocycles. The van der Waals surface area contributed by atoms with Gasteiger partial charge in [-0.05, 0) is 0 Å². The summed E-state index contributed by atoms with van der Waals surface area (Å²) in [6, 6.07) is 0. The molecular weight excluding hydrogens is 247 g/mol. The van der Waals surface area contributed by atoms with Gasteiger partial charge in [0.2, 0.25) is 0 Å². The van der Waals surface area contributed by atoms with Crippen LogP contribution in [-0.4, -0.2) is 42.0 Å². The number of nitrogens with one attached hydrogen (secondary N) is 1. The lowest BCUT2D eigenvalue weighted by molar-refractivity contribution is -0.135. The largest absolute Gasteiger partial charge is 0.402 e. The fourth-order valence-corrected chi connectivity index (χ4v) is 2.42. The summed E-state index contributed by atoms with van der Waals surface area (Å²) >= 11 is 0. The molecule has 1 rings (SSSR count). The first-order valence-corrected chi connectivity index (χ1v) is 5.76. The Hall–Kier alpha value is -1.09. The summed E-state index contributed by atoms with van der Waals surface area (Å²) in [6.07, 6.45) is -2.51. The first-order valence-electron chi connectivity index (χ1n) is 4.32. The van der Waals surface area contributed by atoms with Gasteiger partial charge < -0.3 is 4.98 Å². The first kappa shape index (κ1) is 13.0. The zero-order chi connectivity index (χ0) is 12.4. The average Bonchev–Trinajstić information content (AvgIpc) is 2.65. The zero-order valence-corrected chi connectivity index (χ0v) is 9.14. The van der Waals surface area contributed by atoms with Gasteiger partial charge in [0.1, 0.15) is 6.54 Å². The number of sulfonamides is 1. The van der Waals surface area contributed by atoms with Crippen LogP contribution in [0.5, 0.6) is 0 Å². The lowest BCUT2D eigenvalue weighted by Crippen LogP contribution is -2.38. The second-order valence-corrected chi connectivity index (χ2v) is 4.87. The van der Waals surface area contributed by atoms with Crippen molar-refractivity contribution >= 4 is 10.0 Å². The molecule has 0 radical (unpaired) electrons. The Bertz CT molecular complexity index is 426. The van der Waals surface area contributed by atoms with E-state index in [1.165, 1.54) is 6.92 Å². The molecule has 5 nitrogen and oxygen atoms in total. The summed E-state index contributed by atoms with van der Waals surface area (Å²) < 4.78 is 60.0. The highest BCUT2D eigenvalue weighted by Crippen LogP contribution is 2.21. The van der Waals surface area contributed by atoms with E-state index >= 15 is 0 Å².